The zero-order chi connectivity index (χ0) is 24.2. The fourth-order valence-electron chi connectivity index (χ4n) is 7.75. The van der Waals surface area contributed by atoms with Crippen molar-refractivity contribution in [3.8, 4) is 16.9 Å². The smallest absolute Gasteiger partial charge is 0.338 e. The van der Waals surface area contributed by atoms with Gasteiger partial charge in [0.05, 0.1) is 11.5 Å². The Morgan fingerprint density at radius 2 is 1.28 bits per heavy atom. The Morgan fingerprint density at radius 1 is 0.667 bits per heavy atom. The monoisotopic (exact) mass is 476 g/mol. The van der Waals surface area contributed by atoms with Gasteiger partial charge in [-0.2, -0.15) is 0 Å². The van der Waals surface area contributed by atoms with Crippen LogP contribution < -0.4 is 4.74 Å². The summed E-state index contributed by atoms with van der Waals surface area (Å²) in [7, 11) is 0. The van der Waals surface area contributed by atoms with Gasteiger partial charge in [-0.3, -0.25) is 4.79 Å². The maximum Gasteiger partial charge on any atom is 0.338 e. The summed E-state index contributed by atoms with van der Waals surface area (Å²) in [5.74, 6) is 2.00. The molecule has 7 rings (SSSR count). The fourth-order valence-corrected chi connectivity index (χ4v) is 7.75. The van der Waals surface area contributed by atoms with Crippen molar-refractivity contribution in [3.05, 3.63) is 103 Å². The molecule has 8 unspecified atom stereocenters. The highest BCUT2D eigenvalue weighted by Gasteiger charge is 2.67. The van der Waals surface area contributed by atoms with Gasteiger partial charge in [0.15, 0.2) is 0 Å². The van der Waals surface area contributed by atoms with Crippen molar-refractivity contribution >= 4 is 11.9 Å². The Bertz CT molecular complexity index is 1310. The molecule has 0 heterocycles. The standard InChI is InChI=1S/C32H28O4/c33-31(21-13-11-20(12-14-21)19-7-3-1-4-8-19)36-30-26-18-25(27-22-15-16-23(17-22)28(26)27)29(30)32(34)35-24-9-5-2-6-10-24/h1-16,22-23,25-30H,17-18H2. The van der Waals surface area contributed by atoms with E-state index < -0.39 is 12.0 Å². The lowest BCUT2D eigenvalue weighted by molar-refractivity contribution is -0.148. The summed E-state index contributed by atoms with van der Waals surface area (Å²) in [6.45, 7) is 0. The van der Waals surface area contributed by atoms with Gasteiger partial charge in [0.2, 0.25) is 0 Å². The van der Waals surface area contributed by atoms with E-state index in [1.54, 1.807) is 12.1 Å². The molecule has 4 nitrogen and oxygen atoms in total. The highest BCUT2D eigenvalue weighted by atomic mass is 16.6. The molecule has 3 saturated carbocycles. The lowest BCUT2D eigenvalue weighted by Gasteiger charge is -2.40. The van der Waals surface area contributed by atoms with Gasteiger partial charge in [-0.15, -0.1) is 0 Å². The van der Waals surface area contributed by atoms with E-state index in [1.807, 2.05) is 72.8 Å². The van der Waals surface area contributed by atoms with Crippen LogP contribution >= 0.6 is 0 Å². The molecule has 8 atom stereocenters. The van der Waals surface area contributed by atoms with E-state index in [-0.39, 0.29) is 23.8 Å². The number of carbonyl (C=O) groups excluding carboxylic acids is 2. The Balaban J connectivity index is 1.15. The van der Waals surface area contributed by atoms with Crippen LogP contribution in [0.2, 0.25) is 0 Å². The molecule has 180 valence electrons. The van der Waals surface area contributed by atoms with Crippen LogP contribution in [0, 0.1) is 41.4 Å². The van der Waals surface area contributed by atoms with Gasteiger partial charge in [-0.1, -0.05) is 72.8 Å². The third-order valence-corrected chi connectivity index (χ3v) is 9.06. The number of para-hydroxylation sites is 1. The summed E-state index contributed by atoms with van der Waals surface area (Å²) in [4.78, 5) is 26.8. The van der Waals surface area contributed by atoms with Crippen LogP contribution in [0.15, 0.2) is 97.1 Å². The van der Waals surface area contributed by atoms with Crippen LogP contribution in [0.25, 0.3) is 11.1 Å². The number of hydrogen-bond donors (Lipinski definition) is 0. The maximum absolute atomic E-state index is 13.5. The summed E-state index contributed by atoms with van der Waals surface area (Å²) >= 11 is 0. The first-order chi connectivity index (χ1) is 17.7. The van der Waals surface area contributed by atoms with E-state index in [0.29, 0.717) is 35.0 Å². The largest absolute Gasteiger partial charge is 0.458 e. The molecule has 36 heavy (non-hydrogen) atoms. The second-order valence-electron chi connectivity index (χ2n) is 10.7. The SMILES string of the molecule is O=C(OC1C2CC(C1C(=O)Oc1ccccc1)C1C3C=CC(C3)C21)c1ccc(-c2ccccc2)cc1. The minimum Gasteiger partial charge on any atom is -0.458 e. The van der Waals surface area contributed by atoms with Crippen LogP contribution in [0.5, 0.6) is 5.75 Å². The lowest BCUT2D eigenvalue weighted by atomic mass is 9.68. The van der Waals surface area contributed by atoms with Crippen molar-refractivity contribution in [1.82, 2.24) is 0 Å². The molecule has 0 aliphatic heterocycles. The number of allylic oxidation sites excluding steroid dienone is 2. The first kappa shape index (κ1) is 21.6. The fraction of sp³-hybridized carbons (Fsp3) is 0.312. The second-order valence-corrected chi connectivity index (χ2v) is 10.7. The Hall–Kier alpha value is -3.66. The summed E-state index contributed by atoms with van der Waals surface area (Å²) in [6, 6.07) is 26.8. The van der Waals surface area contributed by atoms with Gasteiger partial charge in [-0.05, 0) is 77.8 Å². The Kier molecular flexibility index (Phi) is 5.09. The molecule has 0 N–H and O–H groups in total. The van der Waals surface area contributed by atoms with E-state index in [4.69, 9.17) is 9.47 Å². The van der Waals surface area contributed by atoms with Crippen molar-refractivity contribution < 1.29 is 19.1 Å². The zero-order valence-electron chi connectivity index (χ0n) is 19.9. The topological polar surface area (TPSA) is 52.6 Å². The predicted octanol–water partition coefficient (Wildman–Crippen LogP) is 6.19. The van der Waals surface area contributed by atoms with E-state index in [0.717, 1.165) is 17.5 Å². The average molecular weight is 477 g/mol. The summed E-state index contributed by atoms with van der Waals surface area (Å²) in [5, 5.41) is 0. The molecule has 4 aliphatic carbocycles. The number of fused-ring (bicyclic) bond motifs is 9. The maximum atomic E-state index is 13.5. The number of carbonyl (C=O) groups is 2. The molecule has 3 fully saturated rings. The van der Waals surface area contributed by atoms with Gasteiger partial charge in [0.25, 0.3) is 0 Å². The highest BCUT2D eigenvalue weighted by Crippen LogP contribution is 2.67. The molecule has 0 saturated heterocycles. The third-order valence-electron chi connectivity index (χ3n) is 9.06. The molecule has 4 bridgehead atoms. The van der Waals surface area contributed by atoms with Crippen LogP contribution in [0.1, 0.15) is 23.2 Å². The number of hydrogen-bond acceptors (Lipinski definition) is 4. The van der Waals surface area contributed by atoms with Crippen molar-refractivity contribution in [3.63, 3.8) is 0 Å². The van der Waals surface area contributed by atoms with Gasteiger partial charge >= 0.3 is 11.9 Å². The van der Waals surface area contributed by atoms with Gasteiger partial charge < -0.3 is 9.47 Å². The summed E-state index contributed by atoms with van der Waals surface area (Å²) < 4.78 is 12.0. The van der Waals surface area contributed by atoms with Gasteiger partial charge in [-0.25, -0.2) is 4.79 Å². The summed E-state index contributed by atoms with van der Waals surface area (Å²) in [5.41, 5.74) is 2.66. The van der Waals surface area contributed by atoms with E-state index in [2.05, 4.69) is 12.2 Å². The Labute approximate surface area is 210 Å². The van der Waals surface area contributed by atoms with E-state index in [1.165, 1.54) is 6.42 Å². The summed E-state index contributed by atoms with van der Waals surface area (Å²) in [6.07, 6.45) is 6.36. The highest BCUT2D eigenvalue weighted by molar-refractivity contribution is 5.90. The normalized spacial score (nSPS) is 32.9. The van der Waals surface area contributed by atoms with E-state index >= 15 is 0 Å². The van der Waals surface area contributed by atoms with Crippen molar-refractivity contribution in [2.45, 2.75) is 18.9 Å². The van der Waals surface area contributed by atoms with Crippen molar-refractivity contribution in [2.24, 2.45) is 41.4 Å². The number of esters is 2. The molecule has 4 aliphatic rings. The van der Waals surface area contributed by atoms with E-state index in [9.17, 15) is 9.59 Å². The van der Waals surface area contributed by atoms with Crippen LogP contribution in [0.3, 0.4) is 0 Å². The number of ether oxygens (including phenoxy) is 2. The van der Waals surface area contributed by atoms with Crippen LogP contribution in [0.4, 0.5) is 0 Å². The molecule has 0 radical (unpaired) electrons. The molecule has 3 aromatic rings. The molecule has 0 amide bonds. The van der Waals surface area contributed by atoms with Gasteiger partial charge in [0.1, 0.15) is 11.9 Å². The molecular formula is C32H28O4. The molecule has 3 aromatic carbocycles. The zero-order valence-corrected chi connectivity index (χ0v) is 19.9. The van der Waals surface area contributed by atoms with Gasteiger partial charge in [0, 0.05) is 5.92 Å². The molecule has 0 spiro atoms. The first-order valence-electron chi connectivity index (χ1n) is 13.0. The minimum atomic E-state index is -0.443. The van der Waals surface area contributed by atoms with Crippen LogP contribution in [-0.4, -0.2) is 18.0 Å². The molecule has 0 aromatic heterocycles. The molecule has 4 heteroatoms. The second kappa shape index (κ2) is 8.48. The van der Waals surface area contributed by atoms with Crippen LogP contribution in [-0.2, 0) is 9.53 Å². The minimum absolute atomic E-state index is 0.203. The van der Waals surface area contributed by atoms with Crippen molar-refractivity contribution in [2.75, 3.05) is 0 Å². The quantitative estimate of drug-likeness (QED) is 0.191. The third kappa shape index (κ3) is 3.42. The number of benzene rings is 3. The predicted molar refractivity (Wildman–Crippen MR) is 136 cm³/mol. The number of rotatable bonds is 5. The van der Waals surface area contributed by atoms with Crippen molar-refractivity contribution in [1.29, 1.82) is 0 Å². The average Bonchev–Trinajstić information content (AvgIpc) is 3.70. The lowest BCUT2D eigenvalue weighted by Crippen LogP contribution is -2.46. The molecular weight excluding hydrogens is 448 g/mol. The first-order valence-corrected chi connectivity index (χ1v) is 13.0. The Morgan fingerprint density at radius 3 is 1.97 bits per heavy atom.